The molecule has 3 rings (SSSR count). The molecule has 0 bridgehead atoms. The molecule has 8 heteroatoms. The van der Waals surface area contributed by atoms with Crippen molar-refractivity contribution in [2.24, 2.45) is 4.99 Å². The predicted octanol–water partition coefficient (Wildman–Crippen LogP) is 2.78. The Morgan fingerprint density at radius 1 is 1.07 bits per heavy atom. The van der Waals surface area contributed by atoms with Gasteiger partial charge in [-0.25, -0.2) is 0 Å². The zero-order valence-electron chi connectivity index (χ0n) is 15.6. The zero-order valence-corrected chi connectivity index (χ0v) is 16.4. The summed E-state index contributed by atoms with van der Waals surface area (Å²) < 4.78 is 18.2. The summed E-state index contributed by atoms with van der Waals surface area (Å²) in [4.78, 5) is 28.8. The van der Waals surface area contributed by atoms with Gasteiger partial charge in [-0.2, -0.15) is 4.99 Å². The van der Waals surface area contributed by atoms with Gasteiger partial charge >= 0.3 is 5.97 Å². The third kappa shape index (κ3) is 4.58. The van der Waals surface area contributed by atoms with E-state index in [9.17, 15) is 9.59 Å². The molecule has 2 aromatic carbocycles. The third-order valence-electron chi connectivity index (χ3n) is 3.95. The van der Waals surface area contributed by atoms with Gasteiger partial charge in [-0.3, -0.25) is 9.59 Å². The van der Waals surface area contributed by atoms with Crippen LogP contribution in [0.2, 0.25) is 0 Å². The van der Waals surface area contributed by atoms with E-state index in [1.807, 2.05) is 42.5 Å². The number of hydrogen-bond acceptors (Lipinski definition) is 6. The lowest BCUT2D eigenvalue weighted by Crippen LogP contribution is -2.23. The Morgan fingerprint density at radius 2 is 1.86 bits per heavy atom. The number of carbonyl (C=O) groups excluding carboxylic acids is 2. The molecule has 146 valence electrons. The second-order valence-electron chi connectivity index (χ2n) is 5.77. The molecule has 0 aliphatic heterocycles. The van der Waals surface area contributed by atoms with Crippen LogP contribution in [0.4, 0.5) is 0 Å². The van der Waals surface area contributed by atoms with E-state index in [1.165, 1.54) is 18.4 Å². The van der Waals surface area contributed by atoms with Gasteiger partial charge in [0.25, 0.3) is 5.91 Å². The number of esters is 1. The minimum atomic E-state index is -0.438. The van der Waals surface area contributed by atoms with Crippen molar-refractivity contribution in [1.29, 1.82) is 0 Å². The Morgan fingerprint density at radius 3 is 2.57 bits per heavy atom. The predicted molar refractivity (Wildman–Crippen MR) is 106 cm³/mol. The third-order valence-corrected chi connectivity index (χ3v) is 4.99. The normalized spacial score (nSPS) is 11.4. The number of thiazole rings is 1. The van der Waals surface area contributed by atoms with Crippen LogP contribution in [-0.4, -0.2) is 37.3 Å². The first-order valence-corrected chi connectivity index (χ1v) is 9.42. The number of hydrogen-bond donors (Lipinski definition) is 0. The van der Waals surface area contributed by atoms with Crippen LogP contribution in [-0.2, 0) is 20.9 Å². The lowest BCUT2D eigenvalue weighted by Gasteiger charge is -2.07. The first kappa shape index (κ1) is 19.6. The molecule has 0 unspecified atom stereocenters. The fourth-order valence-corrected chi connectivity index (χ4v) is 3.69. The standard InChI is InChI=1S/C20H20N2O5S/c1-25-15-9-6-10-16-19(15)22(13-18(24)26-2)20(28-16)21-17(23)11-12-27-14-7-4-3-5-8-14/h3-10H,11-13H2,1-2H3. The molecule has 0 atom stereocenters. The van der Waals surface area contributed by atoms with Crippen LogP contribution >= 0.6 is 11.3 Å². The summed E-state index contributed by atoms with van der Waals surface area (Å²) in [6, 6.07) is 14.8. The molecule has 0 radical (unpaired) electrons. The maximum absolute atomic E-state index is 12.3. The maximum Gasteiger partial charge on any atom is 0.325 e. The molecule has 1 heterocycles. The molecular weight excluding hydrogens is 380 g/mol. The van der Waals surface area contributed by atoms with Gasteiger partial charge in [-0.05, 0) is 24.3 Å². The molecule has 0 saturated carbocycles. The summed E-state index contributed by atoms with van der Waals surface area (Å²) in [5.74, 6) is 0.522. The van der Waals surface area contributed by atoms with Crippen LogP contribution < -0.4 is 14.3 Å². The van der Waals surface area contributed by atoms with Crippen molar-refractivity contribution < 1.29 is 23.8 Å². The van der Waals surface area contributed by atoms with E-state index in [0.29, 0.717) is 21.8 Å². The van der Waals surface area contributed by atoms with Gasteiger partial charge in [0.05, 0.1) is 31.9 Å². The number of para-hydroxylation sites is 2. The van der Waals surface area contributed by atoms with Crippen LogP contribution in [0.1, 0.15) is 6.42 Å². The number of carbonyl (C=O) groups is 2. The van der Waals surface area contributed by atoms with E-state index < -0.39 is 5.97 Å². The van der Waals surface area contributed by atoms with Crippen molar-refractivity contribution in [1.82, 2.24) is 4.57 Å². The molecule has 3 aromatic rings. The van der Waals surface area contributed by atoms with Crippen molar-refractivity contribution in [3.63, 3.8) is 0 Å². The number of rotatable bonds is 7. The lowest BCUT2D eigenvalue weighted by molar-refractivity contribution is -0.141. The Labute approximate surface area is 165 Å². The minimum Gasteiger partial charge on any atom is -0.495 e. The summed E-state index contributed by atoms with van der Waals surface area (Å²) in [5, 5.41) is 0. The smallest absolute Gasteiger partial charge is 0.325 e. The number of ether oxygens (including phenoxy) is 3. The fraction of sp³-hybridized carbons (Fsp3) is 0.250. The monoisotopic (exact) mass is 400 g/mol. The van der Waals surface area contributed by atoms with E-state index in [0.717, 1.165) is 4.70 Å². The van der Waals surface area contributed by atoms with E-state index in [4.69, 9.17) is 14.2 Å². The Hall–Kier alpha value is -3.13. The van der Waals surface area contributed by atoms with Crippen molar-refractivity contribution >= 4 is 33.4 Å². The Bertz CT molecular complexity index is 1040. The van der Waals surface area contributed by atoms with Gasteiger partial charge in [0.15, 0.2) is 4.80 Å². The SMILES string of the molecule is COC(=O)Cn1c(=NC(=O)CCOc2ccccc2)sc2cccc(OC)c21. The van der Waals surface area contributed by atoms with E-state index >= 15 is 0 Å². The number of nitrogens with zero attached hydrogens (tertiary/aromatic N) is 2. The van der Waals surface area contributed by atoms with E-state index in [-0.39, 0.29) is 25.5 Å². The Balaban J connectivity index is 1.86. The largest absolute Gasteiger partial charge is 0.495 e. The van der Waals surface area contributed by atoms with Gasteiger partial charge in [-0.15, -0.1) is 0 Å². The minimum absolute atomic E-state index is 0.0660. The van der Waals surface area contributed by atoms with Gasteiger partial charge in [-0.1, -0.05) is 35.6 Å². The number of methoxy groups -OCH3 is 2. The molecule has 0 N–H and O–H groups in total. The number of aromatic nitrogens is 1. The van der Waals surface area contributed by atoms with Crippen LogP contribution in [0.15, 0.2) is 53.5 Å². The quantitative estimate of drug-likeness (QED) is 0.570. The summed E-state index contributed by atoms with van der Waals surface area (Å²) in [6.45, 7) is 0.154. The molecular formula is C20H20N2O5S. The molecule has 0 fully saturated rings. The number of benzene rings is 2. The second kappa shape index (κ2) is 9.18. The summed E-state index contributed by atoms with van der Waals surface area (Å²) in [5.41, 5.74) is 0.701. The molecule has 1 aromatic heterocycles. The van der Waals surface area contributed by atoms with Crippen molar-refractivity contribution in [3.8, 4) is 11.5 Å². The van der Waals surface area contributed by atoms with Crippen molar-refractivity contribution in [2.75, 3.05) is 20.8 Å². The van der Waals surface area contributed by atoms with Crippen LogP contribution in [0.5, 0.6) is 11.5 Å². The van der Waals surface area contributed by atoms with Gasteiger partial charge in [0.1, 0.15) is 23.6 Å². The first-order chi connectivity index (χ1) is 13.6. The molecule has 7 nitrogen and oxygen atoms in total. The average molecular weight is 400 g/mol. The number of fused-ring (bicyclic) bond motifs is 1. The molecule has 0 aliphatic rings. The van der Waals surface area contributed by atoms with Gasteiger partial charge in [0, 0.05) is 0 Å². The molecule has 0 aliphatic carbocycles. The highest BCUT2D eigenvalue weighted by atomic mass is 32.1. The number of amides is 1. The van der Waals surface area contributed by atoms with Crippen LogP contribution in [0.25, 0.3) is 10.2 Å². The van der Waals surface area contributed by atoms with E-state index in [1.54, 1.807) is 17.7 Å². The summed E-state index contributed by atoms with van der Waals surface area (Å²) >= 11 is 1.31. The Kier molecular flexibility index (Phi) is 6.44. The first-order valence-electron chi connectivity index (χ1n) is 8.61. The molecule has 0 saturated heterocycles. The summed E-state index contributed by atoms with van der Waals surface area (Å²) in [6.07, 6.45) is 0.124. The highest BCUT2D eigenvalue weighted by Crippen LogP contribution is 2.27. The molecule has 1 amide bonds. The maximum atomic E-state index is 12.3. The van der Waals surface area contributed by atoms with Crippen LogP contribution in [0.3, 0.4) is 0 Å². The highest BCUT2D eigenvalue weighted by Gasteiger charge is 2.15. The highest BCUT2D eigenvalue weighted by molar-refractivity contribution is 7.16. The lowest BCUT2D eigenvalue weighted by atomic mass is 10.3. The van der Waals surface area contributed by atoms with Gasteiger partial charge in [0.2, 0.25) is 0 Å². The van der Waals surface area contributed by atoms with Crippen molar-refractivity contribution in [3.05, 3.63) is 53.3 Å². The molecule has 28 heavy (non-hydrogen) atoms. The average Bonchev–Trinajstić information content (AvgIpc) is 3.05. The second-order valence-corrected chi connectivity index (χ2v) is 6.78. The van der Waals surface area contributed by atoms with Crippen LogP contribution in [0, 0.1) is 0 Å². The van der Waals surface area contributed by atoms with Gasteiger partial charge < -0.3 is 18.8 Å². The summed E-state index contributed by atoms with van der Waals surface area (Å²) in [7, 11) is 2.87. The van der Waals surface area contributed by atoms with E-state index in [2.05, 4.69) is 4.99 Å². The molecule has 0 spiro atoms. The zero-order chi connectivity index (χ0) is 19.9. The van der Waals surface area contributed by atoms with Crippen molar-refractivity contribution in [2.45, 2.75) is 13.0 Å². The fourth-order valence-electron chi connectivity index (χ4n) is 2.62. The topological polar surface area (TPSA) is 79.1 Å².